The normalized spacial score (nSPS) is 20.8. The topological polar surface area (TPSA) is 111 Å². The molecular formula is C19H16ClN3O6. The van der Waals surface area contributed by atoms with Crippen LogP contribution < -0.4 is 10.1 Å². The highest BCUT2D eigenvalue weighted by molar-refractivity contribution is 6.32. The molecular weight excluding hydrogens is 402 g/mol. The van der Waals surface area contributed by atoms with Gasteiger partial charge in [-0.05, 0) is 13.0 Å². The quantitative estimate of drug-likeness (QED) is 0.465. The van der Waals surface area contributed by atoms with Crippen LogP contribution in [0.4, 0.5) is 10.5 Å². The van der Waals surface area contributed by atoms with E-state index in [9.17, 15) is 19.7 Å². The Morgan fingerprint density at radius 3 is 2.79 bits per heavy atom. The van der Waals surface area contributed by atoms with Crippen molar-refractivity contribution in [2.45, 2.75) is 25.6 Å². The average molecular weight is 418 g/mol. The minimum Gasteiger partial charge on any atom is -0.467 e. The Bertz CT molecular complexity index is 1040. The number of ether oxygens (including phenoxy) is 2. The van der Waals surface area contributed by atoms with Crippen LogP contribution in [0.25, 0.3) is 0 Å². The van der Waals surface area contributed by atoms with Gasteiger partial charge in [0.15, 0.2) is 6.79 Å². The number of rotatable bonds is 4. The average Bonchev–Trinajstić information content (AvgIpc) is 2.91. The number of hydrogen-bond acceptors (Lipinski definition) is 6. The molecule has 29 heavy (non-hydrogen) atoms. The minimum atomic E-state index is -1.35. The van der Waals surface area contributed by atoms with Crippen molar-refractivity contribution in [2.24, 2.45) is 0 Å². The van der Waals surface area contributed by atoms with Crippen LogP contribution in [-0.4, -0.2) is 28.6 Å². The summed E-state index contributed by atoms with van der Waals surface area (Å²) in [6, 6.07) is 8.79. The summed E-state index contributed by atoms with van der Waals surface area (Å²) in [4.78, 5) is 37.5. The van der Waals surface area contributed by atoms with Crippen molar-refractivity contribution >= 4 is 29.2 Å². The van der Waals surface area contributed by atoms with E-state index in [-0.39, 0.29) is 25.6 Å². The number of carbonyl (C=O) groups is 2. The third kappa shape index (κ3) is 3.18. The van der Waals surface area contributed by atoms with Crippen molar-refractivity contribution < 1.29 is 24.0 Å². The van der Waals surface area contributed by atoms with E-state index < -0.39 is 22.4 Å². The summed E-state index contributed by atoms with van der Waals surface area (Å²) in [7, 11) is 0. The van der Waals surface area contributed by atoms with Crippen LogP contribution in [-0.2, 0) is 28.2 Å². The van der Waals surface area contributed by atoms with Gasteiger partial charge in [0.25, 0.3) is 11.6 Å². The molecule has 0 aromatic heterocycles. The lowest BCUT2D eigenvalue weighted by molar-refractivity contribution is -0.385. The third-order valence-corrected chi connectivity index (χ3v) is 5.33. The molecule has 0 aliphatic carbocycles. The fourth-order valence-electron chi connectivity index (χ4n) is 3.56. The maximum atomic E-state index is 13.2. The lowest BCUT2D eigenvalue weighted by Crippen LogP contribution is -2.41. The van der Waals surface area contributed by atoms with Gasteiger partial charge in [0.2, 0.25) is 0 Å². The Morgan fingerprint density at radius 1 is 1.31 bits per heavy atom. The number of benzene rings is 2. The van der Waals surface area contributed by atoms with Crippen LogP contribution in [0.1, 0.15) is 23.6 Å². The number of amides is 3. The Labute approximate surface area is 170 Å². The number of hydrogen-bond donors (Lipinski definition) is 1. The highest BCUT2D eigenvalue weighted by Crippen LogP contribution is 2.37. The molecule has 1 N–H and O–H groups in total. The highest BCUT2D eigenvalue weighted by Gasteiger charge is 2.50. The number of halogens is 1. The lowest BCUT2D eigenvalue weighted by atomic mass is 9.92. The van der Waals surface area contributed by atoms with Crippen molar-refractivity contribution in [3.05, 3.63) is 68.2 Å². The number of imide groups is 1. The van der Waals surface area contributed by atoms with Gasteiger partial charge in [-0.25, -0.2) is 4.79 Å². The molecule has 2 heterocycles. The second kappa shape index (κ2) is 7.02. The summed E-state index contributed by atoms with van der Waals surface area (Å²) in [5.74, 6) is -0.128. The number of carbonyl (C=O) groups excluding carboxylic acids is 2. The number of nitrogens with one attached hydrogen (secondary N) is 1. The monoisotopic (exact) mass is 417 g/mol. The zero-order chi connectivity index (χ0) is 20.8. The SMILES string of the molecule is CC1(c2ccccc2Cl)NC(=O)N(Cc2cc([N+](=O)[O-])cc3c2OCOC3)C1=O. The summed E-state index contributed by atoms with van der Waals surface area (Å²) in [6.07, 6.45) is 0. The number of nitro benzene ring substituents is 1. The van der Waals surface area contributed by atoms with E-state index in [1.54, 1.807) is 31.2 Å². The lowest BCUT2D eigenvalue weighted by Gasteiger charge is -2.24. The molecule has 0 radical (unpaired) electrons. The van der Waals surface area contributed by atoms with E-state index in [0.29, 0.717) is 27.5 Å². The van der Waals surface area contributed by atoms with Gasteiger partial charge < -0.3 is 14.8 Å². The smallest absolute Gasteiger partial charge is 0.325 e. The van der Waals surface area contributed by atoms with E-state index in [1.165, 1.54) is 12.1 Å². The van der Waals surface area contributed by atoms with E-state index in [1.807, 2.05) is 0 Å². The molecule has 1 unspecified atom stereocenters. The van der Waals surface area contributed by atoms with Gasteiger partial charge in [-0.1, -0.05) is 29.8 Å². The molecule has 4 rings (SSSR count). The molecule has 0 bridgehead atoms. The molecule has 2 aliphatic rings. The summed E-state index contributed by atoms with van der Waals surface area (Å²) in [5, 5.41) is 14.3. The summed E-state index contributed by atoms with van der Waals surface area (Å²) >= 11 is 6.23. The second-order valence-corrected chi connectivity index (χ2v) is 7.29. The van der Waals surface area contributed by atoms with Crippen LogP contribution in [0.3, 0.4) is 0 Å². The largest absolute Gasteiger partial charge is 0.467 e. The molecule has 2 aliphatic heterocycles. The Hall–Kier alpha value is -3.17. The molecule has 2 aromatic rings. The number of fused-ring (bicyclic) bond motifs is 1. The van der Waals surface area contributed by atoms with Gasteiger partial charge in [-0.3, -0.25) is 19.8 Å². The highest BCUT2D eigenvalue weighted by atomic mass is 35.5. The van der Waals surface area contributed by atoms with Crippen LogP contribution in [0.2, 0.25) is 5.02 Å². The first kappa shape index (κ1) is 19.2. The molecule has 2 aromatic carbocycles. The van der Waals surface area contributed by atoms with Gasteiger partial charge in [0.05, 0.1) is 18.1 Å². The minimum absolute atomic E-state index is 0.0186. The summed E-state index contributed by atoms with van der Waals surface area (Å²) in [5.41, 5.74) is -0.215. The zero-order valence-corrected chi connectivity index (χ0v) is 16.1. The van der Waals surface area contributed by atoms with Crippen LogP contribution in [0, 0.1) is 10.1 Å². The van der Waals surface area contributed by atoms with E-state index in [0.717, 1.165) is 4.90 Å². The van der Waals surface area contributed by atoms with E-state index in [4.69, 9.17) is 21.1 Å². The van der Waals surface area contributed by atoms with Gasteiger partial charge in [-0.15, -0.1) is 0 Å². The summed E-state index contributed by atoms with van der Waals surface area (Å²) in [6.45, 7) is 1.51. The molecule has 0 saturated carbocycles. The molecule has 150 valence electrons. The molecule has 1 atom stereocenters. The van der Waals surface area contributed by atoms with E-state index in [2.05, 4.69) is 5.32 Å². The molecule has 3 amide bonds. The number of non-ortho nitro benzene ring substituents is 1. The van der Waals surface area contributed by atoms with Gasteiger partial charge in [0, 0.05) is 33.8 Å². The maximum absolute atomic E-state index is 13.2. The van der Waals surface area contributed by atoms with Crippen molar-refractivity contribution in [2.75, 3.05) is 6.79 Å². The van der Waals surface area contributed by atoms with Crippen molar-refractivity contribution in [3.8, 4) is 5.75 Å². The Kier molecular flexibility index (Phi) is 4.64. The first-order valence-electron chi connectivity index (χ1n) is 8.71. The first-order chi connectivity index (χ1) is 13.8. The molecule has 9 nitrogen and oxygen atoms in total. The molecule has 1 fully saturated rings. The Balaban J connectivity index is 1.71. The fraction of sp³-hybridized carbons (Fsp3) is 0.263. The van der Waals surface area contributed by atoms with Crippen molar-refractivity contribution in [1.29, 1.82) is 0 Å². The predicted molar refractivity (Wildman–Crippen MR) is 101 cm³/mol. The number of nitro groups is 1. The van der Waals surface area contributed by atoms with Crippen LogP contribution >= 0.6 is 11.6 Å². The van der Waals surface area contributed by atoms with Crippen molar-refractivity contribution in [3.63, 3.8) is 0 Å². The predicted octanol–water partition coefficient (Wildman–Crippen LogP) is 3.08. The standard InChI is InChI=1S/C19H16ClN3O6/c1-19(14-4-2-3-5-15(14)20)17(24)22(18(25)21-19)8-11-6-13(23(26)27)7-12-9-28-10-29-16(11)12/h2-7H,8-10H2,1H3,(H,21,25). The zero-order valence-electron chi connectivity index (χ0n) is 15.3. The molecule has 10 heteroatoms. The van der Waals surface area contributed by atoms with Gasteiger partial charge in [0.1, 0.15) is 11.3 Å². The van der Waals surface area contributed by atoms with Crippen molar-refractivity contribution in [1.82, 2.24) is 10.2 Å². The molecule has 1 saturated heterocycles. The second-order valence-electron chi connectivity index (χ2n) is 6.89. The van der Waals surface area contributed by atoms with Gasteiger partial charge >= 0.3 is 6.03 Å². The summed E-state index contributed by atoms with van der Waals surface area (Å²) < 4.78 is 10.7. The van der Waals surface area contributed by atoms with Gasteiger partial charge in [-0.2, -0.15) is 0 Å². The fourth-order valence-corrected chi connectivity index (χ4v) is 3.89. The maximum Gasteiger partial charge on any atom is 0.325 e. The molecule has 0 spiro atoms. The van der Waals surface area contributed by atoms with E-state index >= 15 is 0 Å². The number of urea groups is 1. The first-order valence-corrected chi connectivity index (χ1v) is 9.09. The number of nitrogens with zero attached hydrogens (tertiary/aromatic N) is 2. The van der Waals surface area contributed by atoms with Crippen LogP contribution in [0.15, 0.2) is 36.4 Å². The van der Waals surface area contributed by atoms with Crippen LogP contribution in [0.5, 0.6) is 5.75 Å². The third-order valence-electron chi connectivity index (χ3n) is 5.00. The Morgan fingerprint density at radius 2 is 2.07 bits per heavy atom.